The molecule has 0 unspecified atom stereocenters. The van der Waals surface area contributed by atoms with Gasteiger partial charge >= 0.3 is 0 Å². The lowest BCUT2D eigenvalue weighted by atomic mass is 10.0. The minimum absolute atomic E-state index is 0.784. The van der Waals surface area contributed by atoms with Crippen molar-refractivity contribution in [2.24, 2.45) is 0 Å². The zero-order valence-electron chi connectivity index (χ0n) is 14.2. The molecule has 0 radical (unpaired) electrons. The quantitative estimate of drug-likeness (QED) is 0.866. The molecule has 0 N–H and O–H groups in total. The SMILES string of the molecule is Cc1cccc(CN2CCc3ncnc(N4CCOCC4)c3C2)c1. The maximum absolute atomic E-state index is 5.48. The van der Waals surface area contributed by atoms with Crippen LogP contribution in [0, 0.1) is 6.92 Å². The smallest absolute Gasteiger partial charge is 0.136 e. The van der Waals surface area contributed by atoms with E-state index in [1.807, 2.05) is 0 Å². The fourth-order valence-electron chi connectivity index (χ4n) is 3.63. The molecule has 126 valence electrons. The topological polar surface area (TPSA) is 41.5 Å². The Hall–Kier alpha value is -1.98. The number of morpholine rings is 1. The first-order chi connectivity index (χ1) is 11.8. The second kappa shape index (κ2) is 6.87. The Balaban J connectivity index is 1.55. The molecule has 2 aromatic rings. The number of rotatable bonds is 3. The van der Waals surface area contributed by atoms with Crippen LogP contribution in [0.15, 0.2) is 30.6 Å². The van der Waals surface area contributed by atoms with Gasteiger partial charge in [0.2, 0.25) is 0 Å². The molecule has 0 atom stereocenters. The Morgan fingerprint density at radius 3 is 2.83 bits per heavy atom. The molecule has 2 aliphatic rings. The molecular weight excluding hydrogens is 300 g/mol. The Kier molecular flexibility index (Phi) is 4.45. The van der Waals surface area contributed by atoms with E-state index in [2.05, 4.69) is 51.0 Å². The molecular formula is C19H24N4O. The number of hydrogen-bond donors (Lipinski definition) is 0. The number of anilines is 1. The highest BCUT2D eigenvalue weighted by molar-refractivity contribution is 5.49. The second-order valence-corrected chi connectivity index (χ2v) is 6.67. The molecule has 0 aliphatic carbocycles. The molecule has 2 aliphatic heterocycles. The third-order valence-electron chi connectivity index (χ3n) is 4.86. The highest BCUT2D eigenvalue weighted by Gasteiger charge is 2.24. The minimum Gasteiger partial charge on any atom is -0.378 e. The first-order valence-electron chi connectivity index (χ1n) is 8.73. The molecule has 4 rings (SSSR count). The van der Waals surface area contributed by atoms with Crippen molar-refractivity contribution in [3.05, 3.63) is 53.0 Å². The van der Waals surface area contributed by atoms with Crippen molar-refractivity contribution in [2.45, 2.75) is 26.4 Å². The van der Waals surface area contributed by atoms with Crippen LogP contribution in [-0.2, 0) is 24.2 Å². The summed E-state index contributed by atoms with van der Waals surface area (Å²) in [6, 6.07) is 8.79. The highest BCUT2D eigenvalue weighted by atomic mass is 16.5. The number of benzene rings is 1. The van der Waals surface area contributed by atoms with Crippen molar-refractivity contribution in [1.82, 2.24) is 14.9 Å². The fraction of sp³-hybridized carbons (Fsp3) is 0.474. The number of ether oxygens (including phenoxy) is 1. The van der Waals surface area contributed by atoms with Crippen molar-refractivity contribution in [1.29, 1.82) is 0 Å². The van der Waals surface area contributed by atoms with Crippen LogP contribution in [0.3, 0.4) is 0 Å². The van der Waals surface area contributed by atoms with Crippen molar-refractivity contribution in [3.8, 4) is 0 Å². The van der Waals surface area contributed by atoms with Gasteiger partial charge in [0, 0.05) is 44.7 Å². The first-order valence-corrected chi connectivity index (χ1v) is 8.73. The van der Waals surface area contributed by atoms with E-state index in [1.165, 1.54) is 22.4 Å². The van der Waals surface area contributed by atoms with Gasteiger partial charge in [0.05, 0.1) is 18.9 Å². The van der Waals surface area contributed by atoms with E-state index in [4.69, 9.17) is 4.74 Å². The maximum Gasteiger partial charge on any atom is 0.136 e. The molecule has 1 aromatic heterocycles. The minimum atomic E-state index is 0.784. The van der Waals surface area contributed by atoms with Gasteiger partial charge in [-0.25, -0.2) is 9.97 Å². The molecule has 3 heterocycles. The summed E-state index contributed by atoms with van der Waals surface area (Å²) in [4.78, 5) is 14.0. The van der Waals surface area contributed by atoms with E-state index in [1.54, 1.807) is 6.33 Å². The van der Waals surface area contributed by atoms with Gasteiger partial charge < -0.3 is 9.64 Å². The van der Waals surface area contributed by atoms with E-state index in [0.717, 1.165) is 58.2 Å². The lowest BCUT2D eigenvalue weighted by Gasteiger charge is -2.34. The number of aromatic nitrogens is 2. The van der Waals surface area contributed by atoms with Crippen LogP contribution in [0.5, 0.6) is 0 Å². The van der Waals surface area contributed by atoms with Crippen LogP contribution in [0.1, 0.15) is 22.4 Å². The standard InChI is InChI=1S/C19H24N4O/c1-15-3-2-4-16(11-15)12-22-6-5-18-17(13-22)19(21-14-20-18)23-7-9-24-10-8-23/h2-4,11,14H,5-10,12-13H2,1H3. The Morgan fingerprint density at radius 2 is 2.00 bits per heavy atom. The summed E-state index contributed by atoms with van der Waals surface area (Å²) >= 11 is 0. The van der Waals surface area contributed by atoms with Gasteiger partial charge in [0.15, 0.2) is 0 Å². The Morgan fingerprint density at radius 1 is 1.12 bits per heavy atom. The van der Waals surface area contributed by atoms with E-state index in [-0.39, 0.29) is 0 Å². The monoisotopic (exact) mass is 324 g/mol. The predicted molar refractivity (Wildman–Crippen MR) is 94.1 cm³/mol. The summed E-state index contributed by atoms with van der Waals surface area (Å²) in [6.07, 6.45) is 2.72. The first kappa shape index (κ1) is 15.5. The van der Waals surface area contributed by atoms with Crippen LogP contribution in [0.4, 0.5) is 5.82 Å². The number of aryl methyl sites for hydroxylation is 1. The average molecular weight is 324 g/mol. The maximum atomic E-state index is 5.48. The summed E-state index contributed by atoms with van der Waals surface area (Å²) in [6.45, 7) is 8.52. The number of hydrogen-bond acceptors (Lipinski definition) is 5. The molecule has 1 aromatic carbocycles. The zero-order chi connectivity index (χ0) is 16.4. The molecule has 0 amide bonds. The molecule has 1 fully saturated rings. The third kappa shape index (κ3) is 3.28. The van der Waals surface area contributed by atoms with Crippen LogP contribution in [0.25, 0.3) is 0 Å². The number of nitrogens with zero attached hydrogens (tertiary/aromatic N) is 4. The summed E-state index contributed by atoms with van der Waals surface area (Å²) in [7, 11) is 0. The lowest BCUT2D eigenvalue weighted by molar-refractivity contribution is 0.122. The van der Waals surface area contributed by atoms with E-state index in [0.29, 0.717) is 0 Å². The Bertz CT molecular complexity index is 712. The summed E-state index contributed by atoms with van der Waals surface area (Å²) < 4.78 is 5.48. The average Bonchev–Trinajstić information content (AvgIpc) is 2.62. The zero-order valence-corrected chi connectivity index (χ0v) is 14.2. The lowest BCUT2D eigenvalue weighted by Crippen LogP contribution is -2.39. The van der Waals surface area contributed by atoms with Gasteiger partial charge in [-0.15, -0.1) is 0 Å². The van der Waals surface area contributed by atoms with E-state index >= 15 is 0 Å². The largest absolute Gasteiger partial charge is 0.378 e. The third-order valence-corrected chi connectivity index (χ3v) is 4.86. The number of fused-ring (bicyclic) bond motifs is 1. The van der Waals surface area contributed by atoms with Crippen molar-refractivity contribution < 1.29 is 4.74 Å². The molecule has 0 spiro atoms. The van der Waals surface area contributed by atoms with Crippen LogP contribution < -0.4 is 4.90 Å². The molecule has 5 heteroatoms. The molecule has 0 saturated carbocycles. The van der Waals surface area contributed by atoms with Gasteiger partial charge in [0.1, 0.15) is 12.1 Å². The van der Waals surface area contributed by atoms with Crippen LogP contribution in [0.2, 0.25) is 0 Å². The van der Waals surface area contributed by atoms with E-state index < -0.39 is 0 Å². The van der Waals surface area contributed by atoms with Gasteiger partial charge in [-0.2, -0.15) is 0 Å². The van der Waals surface area contributed by atoms with Crippen LogP contribution >= 0.6 is 0 Å². The van der Waals surface area contributed by atoms with Crippen molar-refractivity contribution >= 4 is 5.82 Å². The molecule has 24 heavy (non-hydrogen) atoms. The van der Waals surface area contributed by atoms with Crippen LogP contribution in [-0.4, -0.2) is 47.7 Å². The molecule has 5 nitrogen and oxygen atoms in total. The fourth-order valence-corrected chi connectivity index (χ4v) is 3.63. The van der Waals surface area contributed by atoms with Crippen molar-refractivity contribution in [2.75, 3.05) is 37.7 Å². The second-order valence-electron chi connectivity index (χ2n) is 6.67. The van der Waals surface area contributed by atoms with Gasteiger partial charge in [-0.1, -0.05) is 29.8 Å². The normalized spacial score (nSPS) is 18.5. The van der Waals surface area contributed by atoms with E-state index in [9.17, 15) is 0 Å². The summed E-state index contributed by atoms with van der Waals surface area (Å²) in [5.41, 5.74) is 5.22. The Labute approximate surface area is 143 Å². The highest BCUT2D eigenvalue weighted by Crippen LogP contribution is 2.27. The van der Waals surface area contributed by atoms with Gasteiger partial charge in [-0.3, -0.25) is 4.90 Å². The van der Waals surface area contributed by atoms with Gasteiger partial charge in [0.25, 0.3) is 0 Å². The molecule has 0 bridgehead atoms. The summed E-state index contributed by atoms with van der Waals surface area (Å²) in [5.74, 6) is 1.11. The van der Waals surface area contributed by atoms with Gasteiger partial charge in [-0.05, 0) is 12.5 Å². The van der Waals surface area contributed by atoms with Crippen molar-refractivity contribution in [3.63, 3.8) is 0 Å². The molecule has 1 saturated heterocycles. The predicted octanol–water partition coefficient (Wildman–Crippen LogP) is 2.18. The summed E-state index contributed by atoms with van der Waals surface area (Å²) in [5, 5.41) is 0.